The monoisotopic (exact) mass is 295 g/mol. The highest BCUT2D eigenvalue weighted by Gasteiger charge is 2.17. The van der Waals surface area contributed by atoms with E-state index in [0.29, 0.717) is 6.42 Å². The van der Waals surface area contributed by atoms with E-state index >= 15 is 0 Å². The van der Waals surface area contributed by atoms with Gasteiger partial charge in [0.2, 0.25) is 5.91 Å². The van der Waals surface area contributed by atoms with Crippen molar-refractivity contribution in [2.75, 3.05) is 11.5 Å². The van der Waals surface area contributed by atoms with Crippen LogP contribution < -0.4 is 5.32 Å². The highest BCUT2D eigenvalue weighted by Crippen LogP contribution is 2.10. The number of aliphatic carboxylic acids is 1. The maximum absolute atomic E-state index is 10.9. The van der Waals surface area contributed by atoms with E-state index in [2.05, 4.69) is 17.4 Å². The molecule has 0 aliphatic rings. The number of hydrogen-bond donors (Lipinski definition) is 2. The van der Waals surface area contributed by atoms with Crippen LogP contribution in [0.4, 0.5) is 0 Å². The zero-order valence-electron chi connectivity index (χ0n) is 11.7. The standard InChI is InChI=1S/C15H21NO3S/c1-12(17)16-14(15(18)19)9-11-20-10-5-8-13-6-3-2-4-7-13/h2-4,6-7,14H,5,8-11H2,1H3,(H,16,17)(H,18,19). The van der Waals surface area contributed by atoms with Crippen molar-refractivity contribution in [2.24, 2.45) is 0 Å². The first-order valence-corrected chi connectivity index (χ1v) is 7.86. The van der Waals surface area contributed by atoms with Crippen LogP contribution in [0.5, 0.6) is 0 Å². The van der Waals surface area contributed by atoms with Crippen LogP contribution in [0, 0.1) is 0 Å². The fourth-order valence-electron chi connectivity index (χ4n) is 1.83. The molecule has 1 amide bonds. The molecule has 1 aromatic carbocycles. The molecular formula is C15H21NO3S. The highest BCUT2D eigenvalue weighted by atomic mass is 32.2. The van der Waals surface area contributed by atoms with Crippen LogP contribution in [0.2, 0.25) is 0 Å². The second-order valence-electron chi connectivity index (χ2n) is 4.58. The molecule has 0 fully saturated rings. The summed E-state index contributed by atoms with van der Waals surface area (Å²) in [5.74, 6) is 0.476. The van der Waals surface area contributed by atoms with E-state index in [1.165, 1.54) is 12.5 Å². The summed E-state index contributed by atoms with van der Waals surface area (Å²) < 4.78 is 0. The minimum Gasteiger partial charge on any atom is -0.480 e. The van der Waals surface area contributed by atoms with Gasteiger partial charge < -0.3 is 10.4 Å². The van der Waals surface area contributed by atoms with Gasteiger partial charge in [-0.3, -0.25) is 4.79 Å². The number of carboxylic acid groups (broad SMARTS) is 1. The van der Waals surface area contributed by atoms with Crippen LogP contribution in [0.25, 0.3) is 0 Å². The van der Waals surface area contributed by atoms with Gasteiger partial charge in [0.15, 0.2) is 0 Å². The van der Waals surface area contributed by atoms with Crippen LogP contribution in [0.1, 0.15) is 25.3 Å². The fourth-order valence-corrected chi connectivity index (χ4v) is 2.78. The zero-order valence-corrected chi connectivity index (χ0v) is 12.5. The summed E-state index contributed by atoms with van der Waals surface area (Å²) >= 11 is 1.73. The number of carboxylic acids is 1. The molecule has 1 rings (SSSR count). The lowest BCUT2D eigenvalue weighted by atomic mass is 10.1. The Bertz CT molecular complexity index is 422. The van der Waals surface area contributed by atoms with Gasteiger partial charge in [0.25, 0.3) is 0 Å². The summed E-state index contributed by atoms with van der Waals surface area (Å²) in [6.45, 7) is 1.34. The minimum atomic E-state index is -0.968. The summed E-state index contributed by atoms with van der Waals surface area (Å²) in [4.78, 5) is 21.8. The molecule has 0 saturated carbocycles. The number of amides is 1. The smallest absolute Gasteiger partial charge is 0.326 e. The average molecular weight is 295 g/mol. The molecule has 0 aliphatic heterocycles. The fraction of sp³-hybridized carbons (Fsp3) is 0.467. The summed E-state index contributed by atoms with van der Waals surface area (Å²) in [7, 11) is 0. The quantitative estimate of drug-likeness (QED) is 0.686. The van der Waals surface area contributed by atoms with Crippen LogP contribution in [0.3, 0.4) is 0 Å². The molecule has 4 nitrogen and oxygen atoms in total. The molecule has 0 saturated heterocycles. The van der Waals surface area contributed by atoms with Crippen LogP contribution in [0.15, 0.2) is 30.3 Å². The normalized spacial score (nSPS) is 11.8. The van der Waals surface area contributed by atoms with Gasteiger partial charge >= 0.3 is 5.97 Å². The number of aryl methyl sites for hydroxylation is 1. The van der Waals surface area contributed by atoms with E-state index in [1.54, 1.807) is 11.8 Å². The summed E-state index contributed by atoms with van der Waals surface area (Å²) in [5.41, 5.74) is 1.33. The molecule has 0 radical (unpaired) electrons. The van der Waals surface area contributed by atoms with E-state index in [1.807, 2.05) is 18.2 Å². The molecule has 1 aromatic rings. The first-order chi connectivity index (χ1) is 9.59. The molecule has 110 valence electrons. The topological polar surface area (TPSA) is 66.4 Å². The lowest BCUT2D eigenvalue weighted by Gasteiger charge is -2.12. The molecule has 0 heterocycles. The number of nitrogens with one attached hydrogen (secondary N) is 1. The minimum absolute atomic E-state index is 0.300. The van der Waals surface area contributed by atoms with Gasteiger partial charge in [-0.15, -0.1) is 0 Å². The number of benzene rings is 1. The van der Waals surface area contributed by atoms with Gasteiger partial charge in [0.1, 0.15) is 6.04 Å². The molecule has 0 aromatic heterocycles. The van der Waals surface area contributed by atoms with E-state index in [4.69, 9.17) is 5.11 Å². The van der Waals surface area contributed by atoms with Gasteiger partial charge in [0, 0.05) is 6.92 Å². The molecule has 5 heteroatoms. The Balaban J connectivity index is 2.11. The zero-order chi connectivity index (χ0) is 14.8. The lowest BCUT2D eigenvalue weighted by molar-refractivity contribution is -0.141. The number of carbonyl (C=O) groups is 2. The molecule has 0 aliphatic carbocycles. The summed E-state index contributed by atoms with van der Waals surface area (Å²) in [5, 5.41) is 11.4. The van der Waals surface area contributed by atoms with Gasteiger partial charge in [-0.05, 0) is 36.3 Å². The second kappa shape index (κ2) is 9.42. The molecule has 2 N–H and O–H groups in total. The Morgan fingerprint density at radius 1 is 1.25 bits per heavy atom. The Morgan fingerprint density at radius 3 is 2.55 bits per heavy atom. The predicted molar refractivity (Wildman–Crippen MR) is 81.9 cm³/mol. The Hall–Kier alpha value is -1.49. The van der Waals surface area contributed by atoms with Gasteiger partial charge in [-0.25, -0.2) is 4.79 Å². The largest absolute Gasteiger partial charge is 0.480 e. The van der Waals surface area contributed by atoms with Crippen molar-refractivity contribution in [2.45, 2.75) is 32.2 Å². The van der Waals surface area contributed by atoms with Gasteiger partial charge in [0.05, 0.1) is 0 Å². The number of carbonyl (C=O) groups excluding carboxylic acids is 1. The predicted octanol–water partition coefficient (Wildman–Crippen LogP) is 2.33. The van der Waals surface area contributed by atoms with Gasteiger partial charge in [-0.2, -0.15) is 11.8 Å². The molecule has 0 spiro atoms. The van der Waals surface area contributed by atoms with Crippen LogP contribution in [-0.2, 0) is 16.0 Å². The summed E-state index contributed by atoms with van der Waals surface area (Å²) in [6.07, 6.45) is 2.58. The van der Waals surface area contributed by atoms with Crippen molar-refractivity contribution in [3.63, 3.8) is 0 Å². The van der Waals surface area contributed by atoms with Crippen molar-refractivity contribution >= 4 is 23.6 Å². The first kappa shape index (κ1) is 16.6. The molecule has 0 bridgehead atoms. The Kier molecular flexibility index (Phi) is 7.80. The lowest BCUT2D eigenvalue weighted by Crippen LogP contribution is -2.39. The third kappa shape index (κ3) is 7.19. The van der Waals surface area contributed by atoms with Crippen molar-refractivity contribution < 1.29 is 14.7 Å². The molecular weight excluding hydrogens is 274 g/mol. The number of thioether (sulfide) groups is 1. The van der Waals surface area contributed by atoms with Crippen molar-refractivity contribution in [1.82, 2.24) is 5.32 Å². The number of hydrogen-bond acceptors (Lipinski definition) is 3. The SMILES string of the molecule is CC(=O)NC(CCSCCCc1ccccc1)C(=O)O. The maximum Gasteiger partial charge on any atom is 0.326 e. The van der Waals surface area contributed by atoms with E-state index in [-0.39, 0.29) is 5.91 Å². The van der Waals surface area contributed by atoms with Crippen LogP contribution in [-0.4, -0.2) is 34.5 Å². The molecule has 1 atom stereocenters. The van der Waals surface area contributed by atoms with E-state index in [0.717, 1.165) is 24.3 Å². The van der Waals surface area contributed by atoms with E-state index in [9.17, 15) is 9.59 Å². The van der Waals surface area contributed by atoms with Crippen molar-refractivity contribution in [3.8, 4) is 0 Å². The Labute approximate surface area is 124 Å². The molecule has 1 unspecified atom stereocenters. The first-order valence-electron chi connectivity index (χ1n) is 6.71. The molecule has 20 heavy (non-hydrogen) atoms. The third-order valence-electron chi connectivity index (χ3n) is 2.82. The third-order valence-corrected chi connectivity index (χ3v) is 3.93. The highest BCUT2D eigenvalue weighted by molar-refractivity contribution is 7.99. The maximum atomic E-state index is 10.9. The van der Waals surface area contributed by atoms with Crippen molar-refractivity contribution in [3.05, 3.63) is 35.9 Å². The van der Waals surface area contributed by atoms with Crippen molar-refractivity contribution in [1.29, 1.82) is 0 Å². The number of rotatable bonds is 9. The summed E-state index contributed by atoms with van der Waals surface area (Å²) in [6, 6.07) is 9.53. The van der Waals surface area contributed by atoms with E-state index < -0.39 is 12.0 Å². The van der Waals surface area contributed by atoms with Crippen LogP contribution >= 0.6 is 11.8 Å². The average Bonchev–Trinajstić information content (AvgIpc) is 2.41. The van der Waals surface area contributed by atoms with Gasteiger partial charge in [-0.1, -0.05) is 30.3 Å². The second-order valence-corrected chi connectivity index (χ2v) is 5.81. The Morgan fingerprint density at radius 2 is 1.95 bits per heavy atom.